The van der Waals surface area contributed by atoms with E-state index >= 15 is 0 Å². The number of aryl methyl sites for hydroxylation is 1. The lowest BCUT2D eigenvalue weighted by Crippen LogP contribution is -2.47. The average molecular weight is 335 g/mol. The van der Waals surface area contributed by atoms with Gasteiger partial charge in [-0.2, -0.15) is 5.10 Å². The molecule has 1 aliphatic carbocycles. The number of nitrogens with one attached hydrogen (secondary N) is 1. The van der Waals surface area contributed by atoms with Crippen LogP contribution in [0.25, 0.3) is 0 Å². The highest BCUT2D eigenvalue weighted by atomic mass is 16.3. The number of amides is 1. The molecule has 1 fully saturated rings. The van der Waals surface area contributed by atoms with Gasteiger partial charge in [0.25, 0.3) is 11.7 Å². The lowest BCUT2D eigenvalue weighted by Gasteiger charge is -2.41. The van der Waals surface area contributed by atoms with E-state index in [1.807, 2.05) is 6.92 Å². The minimum atomic E-state index is -0.911. The number of ketones is 1. The quantitative estimate of drug-likeness (QED) is 0.638. The molecule has 0 bridgehead atoms. The third kappa shape index (κ3) is 4.44. The van der Waals surface area contributed by atoms with Crippen molar-refractivity contribution in [2.45, 2.75) is 65.5 Å². The van der Waals surface area contributed by atoms with E-state index in [1.165, 1.54) is 6.20 Å². The summed E-state index contributed by atoms with van der Waals surface area (Å²) in [6, 6.07) is 0. The average Bonchev–Trinajstić information content (AvgIpc) is 3.00. The second kappa shape index (κ2) is 7.05. The summed E-state index contributed by atoms with van der Waals surface area (Å²) in [6.45, 7) is 9.33. The SMILES string of the molecule is CCn1cc(C(=O)C(=O)NCC2(O)CCC(C(C)(C)C)CC2)cn1. The van der Waals surface area contributed by atoms with Gasteiger partial charge < -0.3 is 10.4 Å². The van der Waals surface area contributed by atoms with Gasteiger partial charge in [-0.25, -0.2) is 0 Å². The van der Waals surface area contributed by atoms with E-state index in [2.05, 4.69) is 31.2 Å². The van der Waals surface area contributed by atoms with Crippen molar-refractivity contribution in [3.8, 4) is 0 Å². The van der Waals surface area contributed by atoms with E-state index in [-0.39, 0.29) is 17.5 Å². The number of carbonyl (C=O) groups excluding carboxylic acids is 2. The molecule has 2 N–H and O–H groups in total. The summed E-state index contributed by atoms with van der Waals surface area (Å²) in [5, 5.41) is 17.3. The molecular weight excluding hydrogens is 306 g/mol. The minimum absolute atomic E-state index is 0.121. The van der Waals surface area contributed by atoms with Crippen molar-refractivity contribution in [3.63, 3.8) is 0 Å². The lowest BCUT2D eigenvalue weighted by atomic mass is 9.68. The van der Waals surface area contributed by atoms with E-state index in [0.29, 0.717) is 25.3 Å². The van der Waals surface area contributed by atoms with Crippen LogP contribution in [-0.4, -0.2) is 38.7 Å². The van der Waals surface area contributed by atoms with Gasteiger partial charge in [-0.05, 0) is 43.9 Å². The normalized spacial score (nSPS) is 24.6. The number of hydrogen-bond donors (Lipinski definition) is 2. The molecule has 0 atom stereocenters. The Kier molecular flexibility index (Phi) is 5.48. The summed E-state index contributed by atoms with van der Waals surface area (Å²) in [5.74, 6) is -0.714. The number of carbonyl (C=O) groups is 2. The largest absolute Gasteiger partial charge is 0.388 e. The molecule has 1 aromatic rings. The highest BCUT2D eigenvalue weighted by Crippen LogP contribution is 2.41. The number of nitrogens with zero attached hydrogens (tertiary/aromatic N) is 2. The molecule has 24 heavy (non-hydrogen) atoms. The monoisotopic (exact) mass is 335 g/mol. The van der Waals surface area contributed by atoms with E-state index < -0.39 is 17.3 Å². The van der Waals surface area contributed by atoms with Gasteiger partial charge in [-0.3, -0.25) is 14.3 Å². The number of aromatic nitrogens is 2. The summed E-state index contributed by atoms with van der Waals surface area (Å²) >= 11 is 0. The van der Waals surface area contributed by atoms with Crippen LogP contribution in [0.15, 0.2) is 12.4 Å². The Bertz CT molecular complexity index is 593. The van der Waals surface area contributed by atoms with Crippen LogP contribution in [-0.2, 0) is 11.3 Å². The zero-order chi connectivity index (χ0) is 18.0. The smallest absolute Gasteiger partial charge is 0.292 e. The molecule has 134 valence electrons. The summed E-state index contributed by atoms with van der Waals surface area (Å²) in [4.78, 5) is 24.1. The molecule has 1 heterocycles. The maximum atomic E-state index is 12.1. The van der Waals surface area contributed by atoms with E-state index in [0.717, 1.165) is 12.8 Å². The first-order valence-corrected chi connectivity index (χ1v) is 8.72. The van der Waals surface area contributed by atoms with Gasteiger partial charge in [0, 0.05) is 19.3 Å². The predicted octanol–water partition coefficient (Wildman–Crippen LogP) is 2.17. The standard InChI is InChI=1S/C18H29N3O3/c1-5-21-11-13(10-20-21)15(22)16(23)19-12-18(24)8-6-14(7-9-18)17(2,3)4/h10-11,14,24H,5-9,12H2,1-4H3,(H,19,23). The van der Waals surface area contributed by atoms with Crippen molar-refractivity contribution in [1.82, 2.24) is 15.1 Å². The van der Waals surface area contributed by atoms with Crippen molar-refractivity contribution < 1.29 is 14.7 Å². The summed E-state index contributed by atoms with van der Waals surface area (Å²) in [6.07, 6.45) is 6.13. The molecule has 0 saturated heterocycles. The van der Waals surface area contributed by atoms with Gasteiger partial charge in [0.05, 0.1) is 17.4 Å². The van der Waals surface area contributed by atoms with E-state index in [9.17, 15) is 14.7 Å². The minimum Gasteiger partial charge on any atom is -0.388 e. The maximum absolute atomic E-state index is 12.1. The highest BCUT2D eigenvalue weighted by Gasteiger charge is 2.37. The van der Waals surface area contributed by atoms with Crippen LogP contribution in [0.4, 0.5) is 0 Å². The Balaban J connectivity index is 1.86. The van der Waals surface area contributed by atoms with E-state index in [1.54, 1.807) is 10.9 Å². The van der Waals surface area contributed by atoms with Crippen molar-refractivity contribution in [1.29, 1.82) is 0 Å². The fraction of sp³-hybridized carbons (Fsp3) is 0.722. The third-order valence-electron chi connectivity index (χ3n) is 5.14. The summed E-state index contributed by atoms with van der Waals surface area (Å²) in [5.41, 5.74) is -0.400. The molecule has 6 nitrogen and oxygen atoms in total. The molecule has 2 rings (SSSR count). The number of rotatable bonds is 5. The maximum Gasteiger partial charge on any atom is 0.292 e. The molecule has 0 unspecified atom stereocenters. The second-order valence-corrected chi connectivity index (χ2v) is 7.96. The number of hydrogen-bond acceptors (Lipinski definition) is 4. The first-order chi connectivity index (χ1) is 11.1. The van der Waals surface area contributed by atoms with Crippen molar-refractivity contribution in [2.24, 2.45) is 11.3 Å². The number of aliphatic hydroxyl groups is 1. The van der Waals surface area contributed by atoms with Crippen molar-refractivity contribution in [2.75, 3.05) is 6.54 Å². The molecule has 0 aliphatic heterocycles. The molecule has 1 aromatic heterocycles. The molecule has 1 aliphatic rings. The molecule has 1 saturated carbocycles. The highest BCUT2D eigenvalue weighted by molar-refractivity contribution is 6.42. The van der Waals surface area contributed by atoms with Crippen LogP contribution in [0.2, 0.25) is 0 Å². The fourth-order valence-electron chi connectivity index (χ4n) is 3.31. The zero-order valence-corrected chi connectivity index (χ0v) is 15.1. The van der Waals surface area contributed by atoms with Gasteiger partial charge >= 0.3 is 0 Å². The predicted molar refractivity (Wildman–Crippen MR) is 91.6 cm³/mol. The molecule has 6 heteroatoms. The van der Waals surface area contributed by atoms with Crippen LogP contribution < -0.4 is 5.32 Å². The van der Waals surface area contributed by atoms with Gasteiger partial charge in [0.1, 0.15) is 0 Å². The number of Topliss-reactive ketones (excluding diaryl/α,β-unsaturated/α-hetero) is 1. The summed E-state index contributed by atoms with van der Waals surface area (Å²) in [7, 11) is 0. The van der Waals surface area contributed by atoms with Crippen LogP contribution in [0.5, 0.6) is 0 Å². The topological polar surface area (TPSA) is 84.2 Å². The second-order valence-electron chi connectivity index (χ2n) is 7.96. The Morgan fingerprint density at radius 3 is 2.50 bits per heavy atom. The first kappa shape index (κ1) is 18.6. The molecule has 0 spiro atoms. The van der Waals surface area contributed by atoms with Gasteiger partial charge in [-0.1, -0.05) is 20.8 Å². The van der Waals surface area contributed by atoms with Crippen LogP contribution >= 0.6 is 0 Å². The van der Waals surface area contributed by atoms with E-state index in [4.69, 9.17) is 0 Å². The third-order valence-corrected chi connectivity index (χ3v) is 5.14. The Labute approximate surface area is 143 Å². The van der Waals surface area contributed by atoms with Crippen LogP contribution in [0.1, 0.15) is 63.7 Å². The summed E-state index contributed by atoms with van der Waals surface area (Å²) < 4.78 is 1.60. The lowest BCUT2D eigenvalue weighted by molar-refractivity contribution is -0.118. The molecule has 0 aromatic carbocycles. The van der Waals surface area contributed by atoms with Crippen molar-refractivity contribution >= 4 is 11.7 Å². The molecular formula is C18H29N3O3. The molecule has 0 radical (unpaired) electrons. The van der Waals surface area contributed by atoms with Gasteiger partial charge in [0.2, 0.25) is 0 Å². The van der Waals surface area contributed by atoms with Gasteiger partial charge in [-0.15, -0.1) is 0 Å². The fourth-order valence-corrected chi connectivity index (χ4v) is 3.31. The zero-order valence-electron chi connectivity index (χ0n) is 15.1. The van der Waals surface area contributed by atoms with Crippen LogP contribution in [0, 0.1) is 11.3 Å². The molecule has 1 amide bonds. The first-order valence-electron chi connectivity index (χ1n) is 8.72. The van der Waals surface area contributed by atoms with Crippen molar-refractivity contribution in [3.05, 3.63) is 18.0 Å². The van der Waals surface area contributed by atoms with Crippen LogP contribution in [0.3, 0.4) is 0 Å². The Hall–Kier alpha value is -1.69. The Morgan fingerprint density at radius 2 is 2.00 bits per heavy atom. The Morgan fingerprint density at radius 1 is 1.38 bits per heavy atom. The van der Waals surface area contributed by atoms with Gasteiger partial charge in [0.15, 0.2) is 0 Å².